The summed E-state index contributed by atoms with van der Waals surface area (Å²) in [7, 11) is 0. The maximum atomic E-state index is 15.3. The molecule has 324 valence electrons. The third kappa shape index (κ3) is 11.2. The zero-order valence-electron chi connectivity index (χ0n) is 34.8. The highest BCUT2D eigenvalue weighted by Gasteiger charge is 2.27. The predicted molar refractivity (Wildman–Crippen MR) is 229 cm³/mol. The minimum Gasteiger partial charge on any atom is -0.477 e. The molecule has 1 aliphatic heterocycles. The quantitative estimate of drug-likeness (QED) is 0.0718. The Hall–Kier alpha value is -6.49. The average molecular weight is 840 g/mol. The maximum absolute atomic E-state index is 15.3. The first kappa shape index (κ1) is 44.1. The summed E-state index contributed by atoms with van der Waals surface area (Å²) in [5.74, 6) is -1.97. The van der Waals surface area contributed by atoms with Gasteiger partial charge in [0.1, 0.15) is 30.3 Å². The van der Waals surface area contributed by atoms with E-state index in [0.717, 1.165) is 42.1 Å². The fraction of sp³-hybridized carbons (Fsp3) is 0.409. The van der Waals surface area contributed by atoms with Crippen LogP contribution >= 0.6 is 0 Å². The van der Waals surface area contributed by atoms with E-state index < -0.39 is 41.0 Å². The number of unbranched alkanes of at least 4 members (excludes halogenated alkanes) is 1. The Balaban J connectivity index is 0.998. The SMILES string of the molecule is CCn1cc(C(=O)O)c(=O)c2cc(F)c(N3CCN(C(=O)OCc4ccc(NC[C@@H](CCCCN)n5cc([C@@H](NC(=O)OCc6ccccc6)C(C)C)nn5)cc4)CC3)cc21. The highest BCUT2D eigenvalue weighted by atomic mass is 19.1. The van der Waals surface area contributed by atoms with E-state index >= 15 is 4.39 Å². The summed E-state index contributed by atoms with van der Waals surface area (Å²) >= 11 is 0. The molecule has 1 saturated heterocycles. The number of piperazine rings is 1. The van der Waals surface area contributed by atoms with Crippen LogP contribution in [0.5, 0.6) is 0 Å². The van der Waals surface area contributed by atoms with Crippen LogP contribution in [-0.4, -0.2) is 87.0 Å². The van der Waals surface area contributed by atoms with Gasteiger partial charge in [0.15, 0.2) is 0 Å². The van der Waals surface area contributed by atoms with Crippen LogP contribution in [0, 0.1) is 11.7 Å². The van der Waals surface area contributed by atoms with Crippen molar-refractivity contribution in [1.82, 2.24) is 29.8 Å². The van der Waals surface area contributed by atoms with Crippen molar-refractivity contribution in [3.05, 3.63) is 118 Å². The molecule has 0 spiro atoms. The second-order valence-electron chi connectivity index (χ2n) is 15.4. The topological polar surface area (TPSA) is 199 Å². The van der Waals surface area contributed by atoms with Crippen LogP contribution in [0.15, 0.2) is 83.9 Å². The first-order valence-corrected chi connectivity index (χ1v) is 20.6. The van der Waals surface area contributed by atoms with Gasteiger partial charge < -0.3 is 45.3 Å². The van der Waals surface area contributed by atoms with Gasteiger partial charge in [-0.3, -0.25) is 4.79 Å². The van der Waals surface area contributed by atoms with E-state index in [1.165, 1.54) is 6.20 Å². The van der Waals surface area contributed by atoms with Gasteiger partial charge in [0.05, 0.1) is 29.5 Å². The van der Waals surface area contributed by atoms with Crippen LogP contribution in [-0.2, 0) is 29.2 Å². The van der Waals surface area contributed by atoms with Crippen molar-refractivity contribution in [3.8, 4) is 0 Å². The average Bonchev–Trinajstić information content (AvgIpc) is 3.75. The van der Waals surface area contributed by atoms with Gasteiger partial charge in [-0.1, -0.05) is 61.5 Å². The number of nitrogens with zero attached hydrogens (tertiary/aromatic N) is 6. The number of carboxylic acid groups (broad SMARTS) is 1. The van der Waals surface area contributed by atoms with Crippen molar-refractivity contribution in [3.63, 3.8) is 0 Å². The fourth-order valence-corrected chi connectivity index (χ4v) is 7.31. The van der Waals surface area contributed by atoms with Gasteiger partial charge in [0, 0.05) is 56.5 Å². The number of benzene rings is 3. The summed E-state index contributed by atoms with van der Waals surface area (Å²) in [5, 5.41) is 24.8. The van der Waals surface area contributed by atoms with Crippen LogP contribution in [0.2, 0.25) is 0 Å². The molecule has 1 fully saturated rings. The Morgan fingerprint density at radius 2 is 1.64 bits per heavy atom. The summed E-state index contributed by atoms with van der Waals surface area (Å²) in [6, 6.07) is 19.3. The van der Waals surface area contributed by atoms with Crippen molar-refractivity contribution in [2.75, 3.05) is 49.5 Å². The van der Waals surface area contributed by atoms with Gasteiger partial charge in [0.25, 0.3) is 0 Å². The molecule has 3 heterocycles. The van der Waals surface area contributed by atoms with Crippen molar-refractivity contribution >= 4 is 40.4 Å². The number of pyridine rings is 1. The molecule has 1 aliphatic rings. The number of aryl methyl sites for hydroxylation is 1. The van der Waals surface area contributed by atoms with Gasteiger partial charge in [0.2, 0.25) is 5.43 Å². The lowest BCUT2D eigenvalue weighted by Gasteiger charge is -2.35. The Kier molecular flexibility index (Phi) is 14.9. The summed E-state index contributed by atoms with van der Waals surface area (Å²) in [6.45, 7) is 8.85. The van der Waals surface area contributed by atoms with Crippen molar-refractivity contribution in [2.24, 2.45) is 11.7 Å². The molecule has 2 aromatic heterocycles. The van der Waals surface area contributed by atoms with Crippen LogP contribution in [0.1, 0.15) is 79.3 Å². The minimum atomic E-state index is -1.36. The summed E-state index contributed by atoms with van der Waals surface area (Å²) in [5.41, 5.74) is 8.58. The third-order valence-electron chi connectivity index (χ3n) is 10.8. The molecule has 16 nitrogen and oxygen atoms in total. The van der Waals surface area contributed by atoms with E-state index in [2.05, 4.69) is 20.9 Å². The molecule has 6 rings (SSSR count). The maximum Gasteiger partial charge on any atom is 0.410 e. The molecule has 5 N–H and O–H groups in total. The van der Waals surface area contributed by atoms with Crippen molar-refractivity contribution in [2.45, 2.75) is 71.9 Å². The van der Waals surface area contributed by atoms with E-state index in [0.29, 0.717) is 57.0 Å². The summed E-state index contributed by atoms with van der Waals surface area (Å²) in [6.07, 6.45) is 4.72. The number of aromatic nitrogens is 4. The minimum absolute atomic E-state index is 0.00308. The Morgan fingerprint density at radius 1 is 0.934 bits per heavy atom. The molecule has 2 atom stereocenters. The first-order chi connectivity index (χ1) is 29.4. The number of amides is 2. The summed E-state index contributed by atoms with van der Waals surface area (Å²) in [4.78, 5) is 53.5. The van der Waals surface area contributed by atoms with Gasteiger partial charge in [-0.05, 0) is 74.0 Å². The van der Waals surface area contributed by atoms with E-state index in [-0.39, 0.29) is 36.2 Å². The van der Waals surface area contributed by atoms with Crippen LogP contribution < -0.4 is 26.7 Å². The van der Waals surface area contributed by atoms with Crippen LogP contribution in [0.25, 0.3) is 10.9 Å². The van der Waals surface area contributed by atoms with Gasteiger partial charge >= 0.3 is 18.2 Å². The lowest BCUT2D eigenvalue weighted by atomic mass is 10.0. The number of nitrogens with one attached hydrogen (secondary N) is 2. The normalized spacial score (nSPS) is 13.9. The second kappa shape index (κ2) is 20.7. The van der Waals surface area contributed by atoms with Crippen LogP contribution in [0.3, 0.4) is 0 Å². The number of carbonyl (C=O) groups excluding carboxylic acids is 2. The lowest BCUT2D eigenvalue weighted by Crippen LogP contribution is -2.49. The van der Waals surface area contributed by atoms with Crippen LogP contribution in [0.4, 0.5) is 25.4 Å². The predicted octanol–water partition coefficient (Wildman–Crippen LogP) is 6.31. The number of carboxylic acids is 1. The molecule has 61 heavy (non-hydrogen) atoms. The van der Waals surface area contributed by atoms with E-state index in [1.807, 2.05) is 86.2 Å². The highest BCUT2D eigenvalue weighted by Crippen LogP contribution is 2.27. The molecular formula is C44H54FN9O7. The van der Waals surface area contributed by atoms with Gasteiger partial charge in [-0.2, -0.15) is 0 Å². The molecule has 0 saturated carbocycles. The number of hydrogen-bond acceptors (Lipinski definition) is 11. The molecular weight excluding hydrogens is 786 g/mol. The number of fused-ring (bicyclic) bond motifs is 1. The molecule has 17 heteroatoms. The molecule has 3 aromatic carbocycles. The number of carbonyl (C=O) groups is 3. The van der Waals surface area contributed by atoms with E-state index in [9.17, 15) is 24.3 Å². The zero-order chi connectivity index (χ0) is 43.5. The van der Waals surface area contributed by atoms with E-state index in [4.69, 9.17) is 15.2 Å². The number of ether oxygens (including phenoxy) is 2. The molecule has 0 bridgehead atoms. The van der Waals surface area contributed by atoms with E-state index in [1.54, 1.807) is 20.4 Å². The number of aromatic carboxylic acids is 1. The Labute approximate surface area is 353 Å². The largest absolute Gasteiger partial charge is 0.477 e. The smallest absolute Gasteiger partial charge is 0.410 e. The molecule has 2 amide bonds. The molecule has 0 aliphatic carbocycles. The fourth-order valence-electron chi connectivity index (χ4n) is 7.31. The number of halogens is 1. The Bertz CT molecular complexity index is 2330. The second-order valence-corrected chi connectivity index (χ2v) is 15.4. The first-order valence-electron chi connectivity index (χ1n) is 20.6. The summed E-state index contributed by atoms with van der Waals surface area (Å²) < 4.78 is 29.9. The standard InChI is InChI=1S/C44H54FN9O7/c1-4-51-25-35(42(56)57)41(55)34-22-36(45)39(23-38(34)51)52-18-20-53(21-19-52)44(59)61-28-31-13-15-32(16-14-31)47-24-33(12-8-9-17-46)54-26-37(49-50-54)40(29(2)3)48-43(58)60-27-30-10-6-5-7-11-30/h5-7,10-11,13-16,22-23,25-26,29,33,40,47H,4,8-9,12,17-21,24,27-28,46H2,1-3H3,(H,48,58)(H,56,57)/t33-,40+/m1/s1. The molecule has 5 aromatic rings. The third-order valence-corrected chi connectivity index (χ3v) is 10.8. The highest BCUT2D eigenvalue weighted by molar-refractivity contribution is 5.93. The van der Waals surface area contributed by atoms with Crippen molar-refractivity contribution < 1.29 is 33.4 Å². The number of rotatable bonds is 18. The monoisotopic (exact) mass is 839 g/mol. The Morgan fingerprint density at radius 3 is 2.31 bits per heavy atom. The number of hydrogen-bond donors (Lipinski definition) is 4. The number of alkyl carbamates (subject to hydrolysis) is 1. The number of nitrogens with two attached hydrogens (primary N) is 1. The van der Waals surface area contributed by atoms with Gasteiger partial charge in [-0.25, -0.2) is 23.5 Å². The molecule has 0 radical (unpaired) electrons. The van der Waals surface area contributed by atoms with Gasteiger partial charge in [-0.15, -0.1) is 5.10 Å². The zero-order valence-corrected chi connectivity index (χ0v) is 34.8. The van der Waals surface area contributed by atoms with Crippen molar-refractivity contribution in [1.29, 1.82) is 0 Å². The number of anilines is 2. The molecule has 0 unspecified atom stereocenters. The lowest BCUT2D eigenvalue weighted by molar-refractivity contribution is 0.0694.